The Hall–Kier alpha value is -0.750. The molecule has 2 N–H and O–H groups in total. The van der Waals surface area contributed by atoms with E-state index in [0.29, 0.717) is 11.8 Å². The molecule has 0 radical (unpaired) electrons. The van der Waals surface area contributed by atoms with Gasteiger partial charge in [0.05, 0.1) is 9.57 Å². The number of nitrogens with two attached hydrogens (primary N) is 1. The van der Waals surface area contributed by atoms with Crippen LogP contribution in [0.5, 0.6) is 0 Å². The van der Waals surface area contributed by atoms with Crippen LogP contribution in [0.1, 0.15) is 37.2 Å². The van der Waals surface area contributed by atoms with Crippen molar-refractivity contribution in [2.75, 3.05) is 0 Å². The maximum Gasteiger partial charge on any atom is 0.123 e. The van der Waals surface area contributed by atoms with Gasteiger partial charge >= 0.3 is 0 Å². The summed E-state index contributed by atoms with van der Waals surface area (Å²) in [5.41, 5.74) is 8.12. The first-order valence-electron chi connectivity index (χ1n) is 7.09. The van der Waals surface area contributed by atoms with E-state index in [4.69, 9.17) is 5.73 Å². The van der Waals surface area contributed by atoms with Gasteiger partial charge in [-0.25, -0.2) is 4.39 Å². The summed E-state index contributed by atoms with van der Waals surface area (Å²) in [6.45, 7) is 0. The van der Waals surface area contributed by atoms with E-state index in [0.717, 1.165) is 36.6 Å². The Morgan fingerprint density at radius 3 is 2.65 bits per heavy atom. The molecule has 1 heterocycles. The Bertz CT molecular complexity index is 606. The summed E-state index contributed by atoms with van der Waals surface area (Å²) in [6, 6.07) is 6.91. The molecule has 1 aromatic heterocycles. The van der Waals surface area contributed by atoms with E-state index < -0.39 is 0 Å². The first-order valence-corrected chi connectivity index (χ1v) is 8.33. The van der Waals surface area contributed by atoms with Crippen molar-refractivity contribution in [1.29, 1.82) is 0 Å². The van der Waals surface area contributed by atoms with Crippen LogP contribution in [0.2, 0.25) is 0 Å². The third-order valence-electron chi connectivity index (χ3n) is 4.40. The minimum Gasteiger partial charge on any atom is -0.319 e. The molecule has 2 nitrogen and oxygen atoms in total. The van der Waals surface area contributed by atoms with Crippen molar-refractivity contribution >= 4 is 33.5 Å². The second-order valence-electron chi connectivity index (χ2n) is 5.62. The molecule has 1 fully saturated rings. The summed E-state index contributed by atoms with van der Waals surface area (Å²) in [5.74, 6) is 0.945. The predicted molar refractivity (Wildman–Crippen MR) is 88.4 cm³/mol. The summed E-state index contributed by atoms with van der Waals surface area (Å²) in [6.07, 6.45) is 6.43. The minimum absolute atomic E-state index is 0.185. The van der Waals surface area contributed by atoms with Crippen molar-refractivity contribution in [1.82, 2.24) is 4.98 Å². The lowest BCUT2D eigenvalue weighted by atomic mass is 9.78. The van der Waals surface area contributed by atoms with E-state index in [9.17, 15) is 4.39 Å². The van der Waals surface area contributed by atoms with Gasteiger partial charge in [0.15, 0.2) is 0 Å². The van der Waals surface area contributed by atoms with Crippen LogP contribution in [0.15, 0.2) is 30.5 Å². The zero-order valence-corrected chi connectivity index (χ0v) is 13.4. The number of hydrogen-bond acceptors (Lipinski definition) is 2. The van der Waals surface area contributed by atoms with E-state index in [1.54, 1.807) is 12.1 Å². The summed E-state index contributed by atoms with van der Waals surface area (Å²) in [5, 5.41) is 0.967. The lowest BCUT2D eigenvalue weighted by Crippen LogP contribution is -2.27. The lowest BCUT2D eigenvalue weighted by Gasteiger charge is -2.30. The number of benzene rings is 1. The monoisotopic (exact) mass is 384 g/mol. The molecule has 3 rings (SSSR count). The van der Waals surface area contributed by atoms with Gasteiger partial charge in [0.1, 0.15) is 5.82 Å². The van der Waals surface area contributed by atoms with E-state index >= 15 is 0 Å². The van der Waals surface area contributed by atoms with Gasteiger partial charge in [-0.3, -0.25) is 4.98 Å². The summed E-state index contributed by atoms with van der Waals surface area (Å²) in [4.78, 5) is 4.33. The number of pyridine rings is 1. The Morgan fingerprint density at radius 1 is 1.20 bits per heavy atom. The third kappa shape index (κ3) is 2.81. The van der Waals surface area contributed by atoms with Crippen LogP contribution >= 0.6 is 22.6 Å². The molecular weight excluding hydrogens is 366 g/mol. The Labute approximate surface area is 132 Å². The normalized spacial score (nSPS) is 24.8. The van der Waals surface area contributed by atoms with Gasteiger partial charge in [0.2, 0.25) is 0 Å². The first-order chi connectivity index (χ1) is 9.65. The molecule has 1 saturated carbocycles. The van der Waals surface area contributed by atoms with Gasteiger partial charge in [0.25, 0.3) is 0 Å². The maximum atomic E-state index is 13.5. The van der Waals surface area contributed by atoms with Crippen molar-refractivity contribution < 1.29 is 4.39 Å². The second-order valence-corrected chi connectivity index (χ2v) is 7.06. The highest BCUT2D eigenvalue weighted by Gasteiger charge is 2.26. The van der Waals surface area contributed by atoms with Crippen LogP contribution < -0.4 is 5.73 Å². The number of fused-ring (bicyclic) bond motifs is 1. The van der Waals surface area contributed by atoms with Crippen molar-refractivity contribution in [3.8, 4) is 0 Å². The van der Waals surface area contributed by atoms with Crippen LogP contribution in [-0.4, -0.2) is 9.03 Å². The molecule has 0 unspecified atom stereocenters. The first kappa shape index (κ1) is 14.2. The van der Waals surface area contributed by atoms with Gasteiger partial charge in [-0.1, -0.05) is 22.6 Å². The predicted octanol–water partition coefficient (Wildman–Crippen LogP) is 4.37. The molecule has 1 aliphatic rings. The number of rotatable bonds is 2. The zero-order chi connectivity index (χ0) is 14.1. The molecular formula is C16H18FIN2. The van der Waals surface area contributed by atoms with Crippen LogP contribution in [0.25, 0.3) is 10.9 Å². The van der Waals surface area contributed by atoms with Crippen molar-refractivity contribution in [3.05, 3.63) is 41.8 Å². The van der Waals surface area contributed by atoms with Crippen LogP contribution in [-0.2, 0) is 0 Å². The summed E-state index contributed by atoms with van der Waals surface area (Å²) < 4.78 is 13.8. The average Bonchev–Trinajstić information content (AvgIpc) is 2.46. The SMILES string of the molecule is N[C@H](I)C1CCC(c2ccnc3ccc(F)cc23)CC1. The number of alkyl halides is 1. The number of halogens is 2. The van der Waals surface area contributed by atoms with Crippen molar-refractivity contribution in [2.45, 2.75) is 35.6 Å². The fourth-order valence-electron chi connectivity index (χ4n) is 3.24. The van der Waals surface area contributed by atoms with Crippen LogP contribution in [0.4, 0.5) is 4.39 Å². The number of hydrogen-bond donors (Lipinski definition) is 1. The van der Waals surface area contributed by atoms with Crippen LogP contribution in [0, 0.1) is 11.7 Å². The molecule has 0 aliphatic heterocycles. The smallest absolute Gasteiger partial charge is 0.123 e. The fraction of sp³-hybridized carbons (Fsp3) is 0.438. The largest absolute Gasteiger partial charge is 0.319 e. The van der Waals surface area contributed by atoms with E-state index in [1.807, 2.05) is 6.20 Å². The lowest BCUT2D eigenvalue weighted by molar-refractivity contribution is 0.327. The van der Waals surface area contributed by atoms with E-state index in [-0.39, 0.29) is 9.87 Å². The molecule has 0 saturated heterocycles. The van der Waals surface area contributed by atoms with Crippen molar-refractivity contribution in [3.63, 3.8) is 0 Å². The molecule has 106 valence electrons. The maximum absolute atomic E-state index is 13.5. The third-order valence-corrected chi connectivity index (χ3v) is 5.42. The average molecular weight is 384 g/mol. The Morgan fingerprint density at radius 2 is 1.95 bits per heavy atom. The molecule has 0 amide bonds. The second kappa shape index (κ2) is 5.93. The highest BCUT2D eigenvalue weighted by molar-refractivity contribution is 14.1. The summed E-state index contributed by atoms with van der Waals surface area (Å²) in [7, 11) is 0. The Kier molecular flexibility index (Phi) is 4.21. The van der Waals surface area contributed by atoms with Gasteiger partial charge in [-0.15, -0.1) is 0 Å². The molecule has 20 heavy (non-hydrogen) atoms. The fourth-order valence-corrected chi connectivity index (χ4v) is 3.96. The molecule has 1 atom stereocenters. The van der Waals surface area contributed by atoms with Gasteiger partial charge in [0, 0.05) is 11.6 Å². The highest BCUT2D eigenvalue weighted by atomic mass is 127. The molecule has 0 spiro atoms. The Balaban J connectivity index is 1.90. The molecule has 2 aromatic rings. The molecule has 1 aromatic carbocycles. The minimum atomic E-state index is -0.185. The van der Waals surface area contributed by atoms with E-state index in [1.165, 1.54) is 11.6 Å². The van der Waals surface area contributed by atoms with Crippen LogP contribution in [0.3, 0.4) is 0 Å². The van der Waals surface area contributed by atoms with Gasteiger partial charge in [-0.05, 0) is 67.3 Å². The standard InChI is InChI=1S/C16H18FIN2/c17-12-5-6-15-14(9-12)13(7-8-20-15)10-1-3-11(4-2-10)16(18)19/h5-11,16H,1-4,19H2/t10?,11?,16-/m0/s1. The number of aromatic nitrogens is 1. The summed E-state index contributed by atoms with van der Waals surface area (Å²) >= 11 is 2.32. The quantitative estimate of drug-likeness (QED) is 0.475. The number of nitrogens with zero attached hydrogens (tertiary/aromatic N) is 1. The van der Waals surface area contributed by atoms with E-state index in [2.05, 4.69) is 33.6 Å². The van der Waals surface area contributed by atoms with Gasteiger partial charge in [-0.2, -0.15) is 0 Å². The highest BCUT2D eigenvalue weighted by Crippen LogP contribution is 2.39. The molecule has 4 heteroatoms. The topological polar surface area (TPSA) is 38.9 Å². The molecule has 1 aliphatic carbocycles. The van der Waals surface area contributed by atoms with Gasteiger partial charge < -0.3 is 5.73 Å². The zero-order valence-electron chi connectivity index (χ0n) is 11.2. The molecule has 0 bridgehead atoms. The van der Waals surface area contributed by atoms with Crippen molar-refractivity contribution in [2.24, 2.45) is 11.7 Å².